The molecule has 0 unspecified atom stereocenters. The van der Waals surface area contributed by atoms with E-state index in [0.29, 0.717) is 0 Å². The highest BCUT2D eigenvalue weighted by Gasteiger charge is 2.06. The van der Waals surface area contributed by atoms with Crippen molar-refractivity contribution in [1.82, 2.24) is 4.57 Å². The Balaban J connectivity index is 1.87. The number of rotatable bonds is 3. The predicted octanol–water partition coefficient (Wildman–Crippen LogP) is 4.14. The third kappa shape index (κ3) is 2.39. The normalized spacial score (nSPS) is 10.9. The minimum absolute atomic E-state index is 0.750. The van der Waals surface area contributed by atoms with Crippen LogP contribution in [0.5, 0.6) is 0 Å². The van der Waals surface area contributed by atoms with Gasteiger partial charge in [-0.2, -0.15) is 0 Å². The molecule has 0 bridgehead atoms. The summed E-state index contributed by atoms with van der Waals surface area (Å²) < 4.78 is 3.14. The van der Waals surface area contributed by atoms with Crippen LogP contribution in [0.15, 0.2) is 53.1 Å². The summed E-state index contributed by atoms with van der Waals surface area (Å²) in [6.45, 7) is 0.757. The lowest BCUT2D eigenvalue weighted by Crippen LogP contribution is -2.02. The molecule has 102 valence electrons. The van der Waals surface area contributed by atoms with E-state index >= 15 is 0 Å². The van der Waals surface area contributed by atoms with E-state index in [2.05, 4.69) is 63.3 Å². The Bertz CT molecular complexity index is 762. The molecular weight excluding hydrogens is 314 g/mol. The number of benzene rings is 2. The second-order valence-corrected chi connectivity index (χ2v) is 5.78. The molecule has 3 rings (SSSR count). The lowest BCUT2D eigenvalue weighted by atomic mass is 10.1. The molecular formula is C16H16BrN3. The zero-order valence-corrected chi connectivity index (χ0v) is 12.8. The van der Waals surface area contributed by atoms with Crippen LogP contribution >= 0.6 is 15.9 Å². The first-order valence-electron chi connectivity index (χ1n) is 6.47. The molecule has 0 spiro atoms. The Morgan fingerprint density at radius 1 is 1.20 bits per heavy atom. The number of nitrogens with zero attached hydrogens (tertiary/aromatic N) is 1. The number of fused-ring (bicyclic) bond motifs is 1. The first kappa shape index (κ1) is 13.1. The Hall–Kier alpha value is -1.94. The van der Waals surface area contributed by atoms with Gasteiger partial charge in [-0.3, -0.25) is 0 Å². The third-order valence-electron chi connectivity index (χ3n) is 3.46. The number of halogens is 1. The number of aryl methyl sites for hydroxylation is 1. The number of anilines is 2. The Morgan fingerprint density at radius 3 is 2.80 bits per heavy atom. The van der Waals surface area contributed by atoms with Gasteiger partial charge in [0.2, 0.25) is 0 Å². The highest BCUT2D eigenvalue weighted by molar-refractivity contribution is 9.10. The van der Waals surface area contributed by atoms with E-state index in [-0.39, 0.29) is 0 Å². The van der Waals surface area contributed by atoms with Crippen molar-refractivity contribution in [3.63, 3.8) is 0 Å². The molecule has 0 atom stereocenters. The van der Waals surface area contributed by atoms with Crippen LogP contribution < -0.4 is 11.1 Å². The summed E-state index contributed by atoms with van der Waals surface area (Å²) in [5.41, 5.74) is 10.2. The quantitative estimate of drug-likeness (QED) is 0.709. The van der Waals surface area contributed by atoms with Gasteiger partial charge in [-0.25, -0.2) is 0 Å². The number of nitrogen functional groups attached to an aromatic ring is 1. The van der Waals surface area contributed by atoms with Gasteiger partial charge in [0.05, 0.1) is 11.4 Å². The van der Waals surface area contributed by atoms with Gasteiger partial charge in [0.15, 0.2) is 0 Å². The van der Waals surface area contributed by atoms with E-state index in [4.69, 9.17) is 5.73 Å². The first-order chi connectivity index (χ1) is 9.65. The highest BCUT2D eigenvalue weighted by Crippen LogP contribution is 2.25. The topological polar surface area (TPSA) is 43.0 Å². The largest absolute Gasteiger partial charge is 0.397 e. The molecule has 0 radical (unpaired) electrons. The minimum atomic E-state index is 0.750. The third-order valence-corrected chi connectivity index (χ3v) is 3.96. The molecule has 2 aromatic carbocycles. The van der Waals surface area contributed by atoms with E-state index in [1.165, 1.54) is 16.5 Å². The van der Waals surface area contributed by atoms with Gasteiger partial charge in [-0.1, -0.05) is 34.1 Å². The Kier molecular flexibility index (Phi) is 3.40. The number of hydrogen-bond donors (Lipinski definition) is 2. The molecule has 0 saturated carbocycles. The maximum absolute atomic E-state index is 6.01. The molecule has 0 amide bonds. The summed E-state index contributed by atoms with van der Waals surface area (Å²) in [6.07, 6.45) is 2.16. The number of para-hydroxylation sites is 1. The molecule has 1 heterocycles. The maximum Gasteiger partial charge on any atom is 0.0577 e. The van der Waals surface area contributed by atoms with Crippen LogP contribution in [0.2, 0.25) is 0 Å². The number of aromatic nitrogens is 1. The van der Waals surface area contributed by atoms with Crippen LogP contribution in [0.4, 0.5) is 11.4 Å². The van der Waals surface area contributed by atoms with E-state index in [0.717, 1.165) is 22.4 Å². The van der Waals surface area contributed by atoms with Crippen LogP contribution in [0.25, 0.3) is 10.9 Å². The van der Waals surface area contributed by atoms with Crippen LogP contribution in [0, 0.1) is 0 Å². The molecule has 20 heavy (non-hydrogen) atoms. The lowest BCUT2D eigenvalue weighted by Gasteiger charge is -2.09. The number of hydrogen-bond acceptors (Lipinski definition) is 2. The van der Waals surface area contributed by atoms with Crippen molar-refractivity contribution in [2.45, 2.75) is 6.54 Å². The van der Waals surface area contributed by atoms with E-state index in [9.17, 15) is 0 Å². The summed E-state index contributed by atoms with van der Waals surface area (Å²) in [5, 5.41) is 4.68. The Labute approximate surface area is 126 Å². The van der Waals surface area contributed by atoms with Crippen LogP contribution in [0.1, 0.15) is 5.56 Å². The SMILES string of the molecule is Cn1cc(CNc2ccc(Br)cc2N)c2ccccc21. The predicted molar refractivity (Wildman–Crippen MR) is 88.8 cm³/mol. The number of nitrogens with one attached hydrogen (secondary N) is 1. The standard InChI is InChI=1S/C16H16BrN3/c1-20-10-11(13-4-2-3-5-16(13)20)9-19-15-7-6-12(17)8-14(15)18/h2-8,10,19H,9,18H2,1H3. The second-order valence-electron chi connectivity index (χ2n) is 4.87. The van der Waals surface area contributed by atoms with Crippen molar-refractivity contribution in [2.24, 2.45) is 7.05 Å². The zero-order valence-electron chi connectivity index (χ0n) is 11.2. The highest BCUT2D eigenvalue weighted by atomic mass is 79.9. The van der Waals surface area contributed by atoms with Crippen molar-refractivity contribution in [3.05, 3.63) is 58.7 Å². The summed E-state index contributed by atoms with van der Waals surface area (Å²) >= 11 is 3.42. The molecule has 3 N–H and O–H groups in total. The number of nitrogens with two attached hydrogens (primary N) is 1. The van der Waals surface area contributed by atoms with E-state index < -0.39 is 0 Å². The van der Waals surface area contributed by atoms with Gasteiger partial charge in [0.25, 0.3) is 0 Å². The summed E-state index contributed by atoms with van der Waals surface area (Å²) in [4.78, 5) is 0. The van der Waals surface area contributed by atoms with Gasteiger partial charge in [-0.05, 0) is 29.8 Å². The molecule has 4 heteroatoms. The maximum atomic E-state index is 6.01. The summed E-state index contributed by atoms with van der Waals surface area (Å²) in [6, 6.07) is 14.3. The van der Waals surface area contributed by atoms with Gasteiger partial charge in [0, 0.05) is 35.2 Å². The van der Waals surface area contributed by atoms with Crippen molar-refractivity contribution in [2.75, 3.05) is 11.1 Å². The molecule has 0 saturated heterocycles. The van der Waals surface area contributed by atoms with Crippen molar-refractivity contribution >= 4 is 38.2 Å². The fourth-order valence-electron chi connectivity index (χ4n) is 2.45. The van der Waals surface area contributed by atoms with Crippen LogP contribution in [-0.2, 0) is 13.6 Å². The zero-order chi connectivity index (χ0) is 14.1. The molecule has 0 aliphatic carbocycles. The van der Waals surface area contributed by atoms with Crippen LogP contribution in [-0.4, -0.2) is 4.57 Å². The van der Waals surface area contributed by atoms with Gasteiger partial charge in [-0.15, -0.1) is 0 Å². The molecule has 0 aliphatic rings. The molecule has 1 aromatic heterocycles. The van der Waals surface area contributed by atoms with Gasteiger partial charge >= 0.3 is 0 Å². The van der Waals surface area contributed by atoms with Gasteiger partial charge in [0.1, 0.15) is 0 Å². The molecule has 0 aliphatic heterocycles. The average molecular weight is 330 g/mol. The summed E-state index contributed by atoms with van der Waals surface area (Å²) in [7, 11) is 2.07. The Morgan fingerprint density at radius 2 is 2.00 bits per heavy atom. The second kappa shape index (κ2) is 5.21. The smallest absolute Gasteiger partial charge is 0.0577 e. The van der Waals surface area contributed by atoms with Crippen LogP contribution in [0.3, 0.4) is 0 Å². The van der Waals surface area contributed by atoms with Gasteiger partial charge < -0.3 is 15.6 Å². The fourth-order valence-corrected chi connectivity index (χ4v) is 2.83. The monoisotopic (exact) mass is 329 g/mol. The fraction of sp³-hybridized carbons (Fsp3) is 0.125. The van der Waals surface area contributed by atoms with E-state index in [1.54, 1.807) is 0 Å². The lowest BCUT2D eigenvalue weighted by molar-refractivity contribution is 0.956. The van der Waals surface area contributed by atoms with Crippen molar-refractivity contribution < 1.29 is 0 Å². The molecule has 3 aromatic rings. The molecule has 3 nitrogen and oxygen atoms in total. The minimum Gasteiger partial charge on any atom is -0.397 e. The van der Waals surface area contributed by atoms with Crippen molar-refractivity contribution in [1.29, 1.82) is 0 Å². The average Bonchev–Trinajstić information content (AvgIpc) is 2.75. The first-order valence-corrected chi connectivity index (χ1v) is 7.26. The van der Waals surface area contributed by atoms with Crippen molar-refractivity contribution in [3.8, 4) is 0 Å². The van der Waals surface area contributed by atoms with E-state index in [1.807, 2.05) is 18.2 Å². The summed E-state index contributed by atoms with van der Waals surface area (Å²) in [5.74, 6) is 0. The molecule has 0 fully saturated rings.